The SMILES string of the molecule is CCNC(=S)NNC(=O)CC. The van der Waals surface area contributed by atoms with E-state index >= 15 is 0 Å². The molecule has 0 saturated carbocycles. The van der Waals surface area contributed by atoms with E-state index in [1.54, 1.807) is 6.92 Å². The molecule has 0 aliphatic rings. The highest BCUT2D eigenvalue weighted by Crippen LogP contribution is 1.71. The number of hydrogen-bond donors (Lipinski definition) is 3. The summed E-state index contributed by atoms with van der Waals surface area (Å²) in [4.78, 5) is 10.7. The van der Waals surface area contributed by atoms with E-state index in [1.807, 2.05) is 6.92 Å². The number of thiocarbonyl (C=S) groups is 1. The number of rotatable bonds is 2. The van der Waals surface area contributed by atoms with Crippen molar-refractivity contribution in [3.05, 3.63) is 0 Å². The average Bonchev–Trinajstić information content (AvgIpc) is 2.01. The molecule has 0 bridgehead atoms. The fraction of sp³-hybridized carbons (Fsp3) is 0.667. The van der Waals surface area contributed by atoms with E-state index in [0.717, 1.165) is 6.54 Å². The predicted molar refractivity (Wildman–Crippen MR) is 47.8 cm³/mol. The molecular weight excluding hydrogens is 162 g/mol. The Bertz CT molecular complexity index is 149. The van der Waals surface area contributed by atoms with Gasteiger partial charge in [-0.25, -0.2) is 0 Å². The van der Waals surface area contributed by atoms with Gasteiger partial charge in [0, 0.05) is 13.0 Å². The Balaban J connectivity index is 3.38. The molecule has 1 amide bonds. The zero-order valence-electron chi connectivity index (χ0n) is 6.73. The van der Waals surface area contributed by atoms with E-state index in [0.29, 0.717) is 11.5 Å². The third-order valence-corrected chi connectivity index (χ3v) is 1.22. The third-order valence-electron chi connectivity index (χ3n) is 0.974. The summed E-state index contributed by atoms with van der Waals surface area (Å²) in [6.45, 7) is 4.44. The highest BCUT2D eigenvalue weighted by Gasteiger charge is 1.95. The monoisotopic (exact) mass is 175 g/mol. The number of carbonyl (C=O) groups is 1. The van der Waals surface area contributed by atoms with Crippen molar-refractivity contribution in [1.29, 1.82) is 0 Å². The van der Waals surface area contributed by atoms with Gasteiger partial charge in [0.2, 0.25) is 5.91 Å². The number of nitrogens with one attached hydrogen (secondary N) is 3. The van der Waals surface area contributed by atoms with Crippen molar-refractivity contribution >= 4 is 23.2 Å². The zero-order chi connectivity index (χ0) is 8.69. The van der Waals surface area contributed by atoms with Gasteiger partial charge in [-0.05, 0) is 19.1 Å². The molecule has 4 nitrogen and oxygen atoms in total. The summed E-state index contributed by atoms with van der Waals surface area (Å²) < 4.78 is 0. The minimum absolute atomic E-state index is 0.0785. The highest BCUT2D eigenvalue weighted by molar-refractivity contribution is 7.80. The minimum atomic E-state index is -0.0785. The van der Waals surface area contributed by atoms with Gasteiger partial charge in [0.15, 0.2) is 5.11 Å². The normalized spacial score (nSPS) is 8.55. The summed E-state index contributed by atoms with van der Waals surface area (Å²) >= 11 is 4.78. The number of amides is 1. The second-order valence-corrected chi connectivity index (χ2v) is 2.29. The van der Waals surface area contributed by atoms with Gasteiger partial charge in [0.05, 0.1) is 0 Å². The molecule has 64 valence electrons. The van der Waals surface area contributed by atoms with Gasteiger partial charge in [-0.3, -0.25) is 15.6 Å². The molecule has 3 N–H and O–H groups in total. The average molecular weight is 175 g/mol. The molecule has 0 aromatic carbocycles. The van der Waals surface area contributed by atoms with Gasteiger partial charge in [-0.15, -0.1) is 0 Å². The topological polar surface area (TPSA) is 53.2 Å². The van der Waals surface area contributed by atoms with Crippen molar-refractivity contribution in [1.82, 2.24) is 16.2 Å². The Hall–Kier alpha value is -0.840. The standard InChI is InChI=1S/C6H13N3OS/c1-3-5(10)8-9-6(11)7-4-2/h3-4H2,1-2H3,(H,8,10)(H2,7,9,11). The lowest BCUT2D eigenvalue weighted by atomic mass is 10.5. The van der Waals surface area contributed by atoms with Crippen LogP contribution in [-0.4, -0.2) is 17.6 Å². The fourth-order valence-electron chi connectivity index (χ4n) is 0.420. The molecular formula is C6H13N3OS. The van der Waals surface area contributed by atoms with Gasteiger partial charge in [-0.1, -0.05) is 6.92 Å². The molecule has 0 atom stereocenters. The summed E-state index contributed by atoms with van der Waals surface area (Å²) in [6.07, 6.45) is 0.446. The first-order valence-electron chi connectivity index (χ1n) is 3.53. The highest BCUT2D eigenvalue weighted by atomic mass is 32.1. The lowest BCUT2D eigenvalue weighted by molar-refractivity contribution is -0.121. The molecule has 0 aliphatic heterocycles. The molecule has 5 heteroatoms. The lowest BCUT2D eigenvalue weighted by Gasteiger charge is -2.08. The Morgan fingerprint density at radius 2 is 2.00 bits per heavy atom. The summed E-state index contributed by atoms with van der Waals surface area (Å²) in [5, 5.41) is 3.27. The van der Waals surface area contributed by atoms with Crippen LogP contribution in [-0.2, 0) is 4.79 Å². The smallest absolute Gasteiger partial charge is 0.238 e. The first kappa shape index (κ1) is 10.2. The van der Waals surface area contributed by atoms with Crippen LogP contribution in [0.2, 0.25) is 0 Å². The van der Waals surface area contributed by atoms with Crippen molar-refractivity contribution in [2.45, 2.75) is 20.3 Å². The van der Waals surface area contributed by atoms with Crippen LogP contribution in [0.5, 0.6) is 0 Å². The van der Waals surface area contributed by atoms with Crippen LogP contribution in [0.25, 0.3) is 0 Å². The summed E-state index contributed by atoms with van der Waals surface area (Å²) in [7, 11) is 0. The first-order chi connectivity index (χ1) is 5.20. The van der Waals surface area contributed by atoms with Crippen LogP contribution >= 0.6 is 12.2 Å². The van der Waals surface area contributed by atoms with Gasteiger partial charge < -0.3 is 5.32 Å². The zero-order valence-corrected chi connectivity index (χ0v) is 7.55. The molecule has 0 fully saturated rings. The molecule has 0 aliphatic carbocycles. The van der Waals surface area contributed by atoms with Crippen LogP contribution < -0.4 is 16.2 Å². The van der Waals surface area contributed by atoms with Crippen molar-refractivity contribution in [2.75, 3.05) is 6.54 Å². The largest absolute Gasteiger partial charge is 0.362 e. The molecule has 11 heavy (non-hydrogen) atoms. The van der Waals surface area contributed by atoms with Crippen LogP contribution in [0, 0.1) is 0 Å². The maximum absolute atomic E-state index is 10.7. The maximum atomic E-state index is 10.7. The summed E-state index contributed by atoms with van der Waals surface area (Å²) in [5.41, 5.74) is 4.98. The predicted octanol–water partition coefficient (Wildman–Crippen LogP) is -0.0884. The third kappa shape index (κ3) is 5.60. The van der Waals surface area contributed by atoms with E-state index in [2.05, 4.69) is 16.2 Å². The van der Waals surface area contributed by atoms with E-state index in [1.165, 1.54) is 0 Å². The Labute approximate surface area is 71.7 Å². The van der Waals surface area contributed by atoms with Crippen molar-refractivity contribution in [3.8, 4) is 0 Å². The van der Waals surface area contributed by atoms with E-state index in [4.69, 9.17) is 12.2 Å². The Kier molecular flexibility index (Phi) is 5.46. The quantitative estimate of drug-likeness (QED) is 0.405. The molecule has 0 radical (unpaired) electrons. The van der Waals surface area contributed by atoms with Crippen LogP contribution in [0.1, 0.15) is 20.3 Å². The van der Waals surface area contributed by atoms with Crippen LogP contribution in [0.3, 0.4) is 0 Å². The second-order valence-electron chi connectivity index (χ2n) is 1.89. The minimum Gasteiger partial charge on any atom is -0.362 e. The van der Waals surface area contributed by atoms with Gasteiger partial charge in [0.1, 0.15) is 0 Å². The van der Waals surface area contributed by atoms with Gasteiger partial charge >= 0.3 is 0 Å². The van der Waals surface area contributed by atoms with Crippen molar-refractivity contribution in [2.24, 2.45) is 0 Å². The number of hydrogen-bond acceptors (Lipinski definition) is 2. The number of hydrazine groups is 1. The fourth-order valence-corrected chi connectivity index (χ4v) is 0.615. The second kappa shape index (κ2) is 5.91. The van der Waals surface area contributed by atoms with Crippen molar-refractivity contribution in [3.63, 3.8) is 0 Å². The molecule has 0 heterocycles. The molecule has 0 saturated heterocycles. The van der Waals surface area contributed by atoms with Crippen molar-refractivity contribution < 1.29 is 4.79 Å². The van der Waals surface area contributed by atoms with Crippen LogP contribution in [0.4, 0.5) is 0 Å². The molecule has 0 aromatic rings. The summed E-state index contributed by atoms with van der Waals surface area (Å²) in [6, 6.07) is 0. The molecule has 0 aromatic heterocycles. The summed E-state index contributed by atoms with van der Waals surface area (Å²) in [5.74, 6) is -0.0785. The van der Waals surface area contributed by atoms with E-state index in [-0.39, 0.29) is 5.91 Å². The van der Waals surface area contributed by atoms with Gasteiger partial charge in [0.25, 0.3) is 0 Å². The van der Waals surface area contributed by atoms with E-state index in [9.17, 15) is 4.79 Å². The molecule has 0 unspecified atom stereocenters. The lowest BCUT2D eigenvalue weighted by Crippen LogP contribution is -2.46. The maximum Gasteiger partial charge on any atom is 0.238 e. The number of carbonyl (C=O) groups excluding carboxylic acids is 1. The van der Waals surface area contributed by atoms with Gasteiger partial charge in [-0.2, -0.15) is 0 Å². The molecule has 0 rings (SSSR count). The Morgan fingerprint density at radius 1 is 1.36 bits per heavy atom. The van der Waals surface area contributed by atoms with E-state index < -0.39 is 0 Å². The Morgan fingerprint density at radius 3 is 2.45 bits per heavy atom. The molecule has 0 spiro atoms. The van der Waals surface area contributed by atoms with Crippen LogP contribution in [0.15, 0.2) is 0 Å². The first-order valence-corrected chi connectivity index (χ1v) is 3.94.